The minimum atomic E-state index is -5.09. The van der Waals surface area contributed by atoms with E-state index in [2.05, 4.69) is 5.10 Å². The zero-order valence-corrected chi connectivity index (χ0v) is 19.5. The number of nitrogens with zero attached hydrogens (tertiary/aromatic N) is 3. The monoisotopic (exact) mass is 511 g/mol. The maximum Gasteiger partial charge on any atom is 0.423 e. The summed E-state index contributed by atoms with van der Waals surface area (Å²) in [5.41, 5.74) is -2.53. The average Bonchev–Trinajstić information content (AvgIpc) is 3.45. The van der Waals surface area contributed by atoms with Crippen molar-refractivity contribution >= 4 is 27.8 Å². The molecule has 3 aromatic carbocycles. The molecule has 190 valence electrons. The van der Waals surface area contributed by atoms with Crippen molar-refractivity contribution in [3.05, 3.63) is 96.1 Å². The van der Waals surface area contributed by atoms with Crippen LogP contribution >= 0.6 is 0 Å². The van der Waals surface area contributed by atoms with Crippen LogP contribution in [0, 0.1) is 5.82 Å². The van der Waals surface area contributed by atoms with E-state index >= 15 is 0 Å². The first-order chi connectivity index (χ1) is 17.6. The van der Waals surface area contributed by atoms with Crippen LogP contribution in [-0.2, 0) is 16.9 Å². The molecule has 0 aliphatic heterocycles. The van der Waals surface area contributed by atoms with E-state index in [1.54, 1.807) is 31.2 Å². The topological polar surface area (TPSA) is 69.3 Å². The minimum Gasteiger partial charge on any atom is -0.461 e. The first kappa shape index (κ1) is 24.5. The first-order valence-electron chi connectivity index (χ1n) is 11.4. The van der Waals surface area contributed by atoms with E-state index in [4.69, 9.17) is 4.74 Å². The fourth-order valence-corrected chi connectivity index (χ4v) is 4.41. The van der Waals surface area contributed by atoms with Crippen LogP contribution in [0.2, 0.25) is 0 Å². The molecule has 0 aliphatic carbocycles. The number of hydrogen-bond donors (Lipinski definition) is 1. The molecular formula is C27H21F4N3O3. The van der Waals surface area contributed by atoms with Gasteiger partial charge in [0.05, 0.1) is 30.6 Å². The van der Waals surface area contributed by atoms with Gasteiger partial charge in [0.1, 0.15) is 11.5 Å². The highest BCUT2D eigenvalue weighted by atomic mass is 19.4. The molecule has 1 atom stereocenters. The number of carbonyl (C=O) groups excluding carboxylic acids is 1. The van der Waals surface area contributed by atoms with E-state index in [1.807, 2.05) is 0 Å². The fourth-order valence-electron chi connectivity index (χ4n) is 4.41. The van der Waals surface area contributed by atoms with Crippen LogP contribution in [0.3, 0.4) is 0 Å². The number of benzene rings is 3. The number of alkyl halides is 3. The van der Waals surface area contributed by atoms with Crippen LogP contribution in [0.4, 0.5) is 17.6 Å². The molecule has 0 radical (unpaired) electrons. The Kier molecular flexibility index (Phi) is 5.99. The summed E-state index contributed by atoms with van der Waals surface area (Å²) in [5.74, 6) is -1.23. The van der Waals surface area contributed by atoms with Gasteiger partial charge >= 0.3 is 12.1 Å². The molecule has 2 aromatic heterocycles. The van der Waals surface area contributed by atoms with E-state index in [0.717, 1.165) is 4.57 Å². The molecule has 2 heterocycles. The molecule has 10 heteroatoms. The summed E-state index contributed by atoms with van der Waals surface area (Å²) in [6.07, 6.45) is -3.72. The number of carbonyl (C=O) groups is 1. The maximum atomic E-state index is 14.5. The predicted molar refractivity (Wildman–Crippen MR) is 129 cm³/mol. The zero-order chi connectivity index (χ0) is 26.4. The van der Waals surface area contributed by atoms with Crippen molar-refractivity contribution in [3.8, 4) is 5.69 Å². The van der Waals surface area contributed by atoms with Crippen LogP contribution in [0.25, 0.3) is 27.5 Å². The molecule has 5 aromatic rings. The average molecular weight is 511 g/mol. The number of aliphatic hydroxyl groups is 1. The Morgan fingerprint density at radius 2 is 1.70 bits per heavy atom. The molecule has 0 aliphatic rings. The molecule has 0 amide bonds. The first-order valence-corrected chi connectivity index (χ1v) is 11.4. The van der Waals surface area contributed by atoms with Crippen molar-refractivity contribution in [2.75, 3.05) is 6.61 Å². The van der Waals surface area contributed by atoms with Gasteiger partial charge in [-0.25, -0.2) is 13.9 Å². The van der Waals surface area contributed by atoms with Crippen molar-refractivity contribution in [1.29, 1.82) is 0 Å². The van der Waals surface area contributed by atoms with E-state index in [1.165, 1.54) is 59.4 Å². The number of para-hydroxylation sites is 1. The van der Waals surface area contributed by atoms with Crippen LogP contribution < -0.4 is 0 Å². The Bertz CT molecular complexity index is 1610. The van der Waals surface area contributed by atoms with Gasteiger partial charge in [0.15, 0.2) is 0 Å². The quantitative estimate of drug-likeness (QED) is 0.233. The van der Waals surface area contributed by atoms with Crippen molar-refractivity contribution < 1.29 is 32.2 Å². The van der Waals surface area contributed by atoms with Gasteiger partial charge in [0.2, 0.25) is 5.60 Å². The Morgan fingerprint density at radius 1 is 0.973 bits per heavy atom. The van der Waals surface area contributed by atoms with Crippen molar-refractivity contribution in [2.45, 2.75) is 25.2 Å². The second-order valence-corrected chi connectivity index (χ2v) is 8.56. The second-order valence-electron chi connectivity index (χ2n) is 8.56. The number of halogens is 4. The number of rotatable bonds is 6. The maximum absolute atomic E-state index is 14.5. The SMILES string of the molecule is CCOC(=O)c1cc2ccccc2n1CC(O)(c1ccc2c(cnn2-c2ccc(F)cc2)c1)C(F)(F)F. The molecule has 0 fully saturated rings. The lowest BCUT2D eigenvalue weighted by Gasteiger charge is -2.32. The molecule has 6 nitrogen and oxygen atoms in total. The number of ether oxygens (including phenoxy) is 1. The van der Waals surface area contributed by atoms with Crippen molar-refractivity contribution in [2.24, 2.45) is 0 Å². The number of aromatic nitrogens is 3. The molecule has 1 N–H and O–H groups in total. The summed E-state index contributed by atoms with van der Waals surface area (Å²) in [6.45, 7) is 0.659. The molecule has 0 bridgehead atoms. The van der Waals surface area contributed by atoms with Gasteiger partial charge in [-0.3, -0.25) is 0 Å². The Morgan fingerprint density at radius 3 is 2.41 bits per heavy atom. The summed E-state index contributed by atoms with van der Waals surface area (Å²) >= 11 is 0. The lowest BCUT2D eigenvalue weighted by molar-refractivity contribution is -0.271. The molecule has 0 saturated carbocycles. The Labute approximate surface area is 208 Å². The standard InChI is InChI=1S/C27H21F4N3O3/c1-2-37-25(35)24-14-17-5-3-4-6-22(17)33(24)16-26(36,27(29,30)31)19-7-12-23-18(13-19)15-32-34(23)21-10-8-20(28)9-11-21/h3-15,36H,2,16H2,1H3. The fraction of sp³-hybridized carbons (Fsp3) is 0.185. The lowest BCUT2D eigenvalue weighted by atomic mass is 9.91. The summed E-state index contributed by atoms with van der Waals surface area (Å²) < 4.78 is 64.6. The largest absolute Gasteiger partial charge is 0.461 e. The normalized spacial score (nSPS) is 13.7. The second kappa shape index (κ2) is 9.04. The highest BCUT2D eigenvalue weighted by Gasteiger charge is 2.55. The van der Waals surface area contributed by atoms with Crippen LogP contribution in [0.15, 0.2) is 79.0 Å². The smallest absolute Gasteiger partial charge is 0.423 e. The number of esters is 1. The zero-order valence-electron chi connectivity index (χ0n) is 19.5. The molecule has 0 spiro atoms. The van der Waals surface area contributed by atoms with Gasteiger partial charge in [-0.2, -0.15) is 18.3 Å². The molecular weight excluding hydrogens is 490 g/mol. The molecule has 37 heavy (non-hydrogen) atoms. The Hall–Kier alpha value is -4.18. The highest BCUT2D eigenvalue weighted by molar-refractivity contribution is 5.95. The van der Waals surface area contributed by atoms with Gasteiger partial charge in [0, 0.05) is 16.3 Å². The third-order valence-electron chi connectivity index (χ3n) is 6.27. The van der Waals surface area contributed by atoms with E-state index in [0.29, 0.717) is 27.5 Å². The molecule has 1 unspecified atom stereocenters. The number of hydrogen-bond acceptors (Lipinski definition) is 4. The van der Waals surface area contributed by atoms with E-state index in [-0.39, 0.29) is 12.3 Å². The van der Waals surface area contributed by atoms with Gasteiger partial charge in [-0.15, -0.1) is 0 Å². The van der Waals surface area contributed by atoms with Gasteiger partial charge < -0.3 is 14.4 Å². The lowest BCUT2D eigenvalue weighted by Crippen LogP contribution is -2.46. The van der Waals surface area contributed by atoms with E-state index in [9.17, 15) is 27.5 Å². The van der Waals surface area contributed by atoms with Crippen molar-refractivity contribution in [3.63, 3.8) is 0 Å². The summed E-state index contributed by atoms with van der Waals surface area (Å²) in [4.78, 5) is 12.6. The van der Waals surface area contributed by atoms with Gasteiger partial charge in [-0.1, -0.05) is 24.3 Å². The van der Waals surface area contributed by atoms with Crippen LogP contribution in [-0.4, -0.2) is 38.2 Å². The highest BCUT2D eigenvalue weighted by Crippen LogP contribution is 2.42. The van der Waals surface area contributed by atoms with E-state index < -0.39 is 35.7 Å². The summed E-state index contributed by atoms with van der Waals surface area (Å²) in [5, 5.41) is 16.3. The van der Waals surface area contributed by atoms with Crippen molar-refractivity contribution in [1.82, 2.24) is 14.3 Å². The molecule has 0 saturated heterocycles. The molecule has 5 rings (SSSR count). The third-order valence-corrected chi connectivity index (χ3v) is 6.27. The minimum absolute atomic E-state index is 0.0403. The van der Waals surface area contributed by atoms with Gasteiger partial charge in [-0.05, 0) is 61.0 Å². The van der Waals surface area contributed by atoms with Crippen LogP contribution in [0.5, 0.6) is 0 Å². The summed E-state index contributed by atoms with van der Waals surface area (Å²) in [7, 11) is 0. The summed E-state index contributed by atoms with van der Waals surface area (Å²) in [6, 6.07) is 17.3. The van der Waals surface area contributed by atoms with Gasteiger partial charge in [0.25, 0.3) is 0 Å². The number of fused-ring (bicyclic) bond motifs is 2. The third kappa shape index (κ3) is 4.23. The van der Waals surface area contributed by atoms with Crippen LogP contribution in [0.1, 0.15) is 23.0 Å². The predicted octanol–water partition coefficient (Wildman–Crippen LogP) is 5.75. The Balaban J connectivity index is 1.62.